The average molecular weight is 288 g/mol. The number of anilines is 1. The van der Waals surface area contributed by atoms with Crippen LogP contribution in [0.5, 0.6) is 0 Å². The number of nitrogens with one attached hydrogen (secondary N) is 2. The molecular formula is C12H11F3N2O3. The third-order valence-corrected chi connectivity index (χ3v) is 2.20. The molecule has 5 nitrogen and oxygen atoms in total. The Morgan fingerprint density at radius 3 is 2.05 bits per heavy atom. The molecule has 0 aliphatic rings. The molecule has 0 aliphatic heterocycles. The van der Waals surface area contributed by atoms with Crippen LogP contribution in [0.3, 0.4) is 0 Å². The zero-order valence-electron chi connectivity index (χ0n) is 10.4. The molecule has 0 fully saturated rings. The van der Waals surface area contributed by atoms with E-state index < -0.39 is 24.5 Å². The molecule has 2 N–H and O–H groups in total. The van der Waals surface area contributed by atoms with Crippen LogP contribution in [0.1, 0.15) is 17.3 Å². The van der Waals surface area contributed by atoms with E-state index in [0.29, 0.717) is 5.56 Å². The van der Waals surface area contributed by atoms with Crippen molar-refractivity contribution < 1.29 is 27.6 Å². The highest BCUT2D eigenvalue weighted by molar-refractivity contribution is 6.39. The van der Waals surface area contributed by atoms with Gasteiger partial charge in [-0.2, -0.15) is 13.2 Å². The van der Waals surface area contributed by atoms with Crippen LogP contribution in [0, 0.1) is 0 Å². The van der Waals surface area contributed by atoms with Crippen molar-refractivity contribution >= 4 is 23.3 Å². The molecule has 2 amide bonds. The first kappa shape index (κ1) is 15.7. The molecule has 0 radical (unpaired) electrons. The largest absolute Gasteiger partial charge is 0.405 e. The van der Waals surface area contributed by atoms with E-state index in [2.05, 4.69) is 5.32 Å². The van der Waals surface area contributed by atoms with Crippen LogP contribution in [0.25, 0.3) is 0 Å². The number of carbonyl (C=O) groups is 3. The monoisotopic (exact) mass is 288 g/mol. The highest BCUT2D eigenvalue weighted by atomic mass is 19.4. The van der Waals surface area contributed by atoms with Crippen molar-refractivity contribution in [3.63, 3.8) is 0 Å². The zero-order chi connectivity index (χ0) is 15.3. The number of halogens is 3. The maximum atomic E-state index is 11.8. The molecule has 0 aliphatic carbocycles. The molecule has 0 bridgehead atoms. The average Bonchev–Trinajstić information content (AvgIpc) is 2.35. The van der Waals surface area contributed by atoms with Gasteiger partial charge in [0.05, 0.1) is 0 Å². The zero-order valence-corrected chi connectivity index (χ0v) is 10.4. The summed E-state index contributed by atoms with van der Waals surface area (Å²) in [5, 5.41) is 3.56. The second-order valence-corrected chi connectivity index (χ2v) is 3.89. The Morgan fingerprint density at radius 1 is 1.05 bits per heavy atom. The normalized spacial score (nSPS) is 10.8. The third-order valence-electron chi connectivity index (χ3n) is 2.20. The first-order valence-corrected chi connectivity index (χ1v) is 5.46. The van der Waals surface area contributed by atoms with E-state index in [1.165, 1.54) is 36.5 Å². The number of hydrogen-bond donors (Lipinski definition) is 2. The van der Waals surface area contributed by atoms with Crippen molar-refractivity contribution in [2.45, 2.75) is 13.1 Å². The van der Waals surface area contributed by atoms with Crippen molar-refractivity contribution in [3.05, 3.63) is 29.8 Å². The van der Waals surface area contributed by atoms with Gasteiger partial charge in [0.2, 0.25) is 0 Å². The molecule has 0 aromatic heterocycles. The van der Waals surface area contributed by atoms with Gasteiger partial charge in [0.15, 0.2) is 5.78 Å². The summed E-state index contributed by atoms with van der Waals surface area (Å²) in [7, 11) is 0. The fraction of sp³-hybridized carbons (Fsp3) is 0.250. The number of carbonyl (C=O) groups excluding carboxylic acids is 3. The number of amides is 2. The number of alkyl halides is 3. The van der Waals surface area contributed by atoms with Gasteiger partial charge >= 0.3 is 18.0 Å². The summed E-state index contributed by atoms with van der Waals surface area (Å²) in [6, 6.07) is 5.58. The van der Waals surface area contributed by atoms with Crippen LogP contribution in [0.2, 0.25) is 0 Å². The lowest BCUT2D eigenvalue weighted by Gasteiger charge is -2.08. The summed E-state index contributed by atoms with van der Waals surface area (Å²) in [4.78, 5) is 33.4. The van der Waals surface area contributed by atoms with Gasteiger partial charge < -0.3 is 10.6 Å². The standard InChI is InChI=1S/C12H11F3N2O3/c1-7(18)8-2-4-9(5-3-8)17-11(20)10(19)16-6-12(13,14)15/h2-5H,6H2,1H3,(H,16,19)(H,17,20). The Kier molecular flexibility index (Phi) is 4.84. The Hall–Kier alpha value is -2.38. The highest BCUT2D eigenvalue weighted by Crippen LogP contribution is 2.12. The number of hydrogen-bond acceptors (Lipinski definition) is 3. The van der Waals surface area contributed by atoms with E-state index in [4.69, 9.17) is 0 Å². The number of benzene rings is 1. The van der Waals surface area contributed by atoms with Crippen LogP contribution in [0.15, 0.2) is 24.3 Å². The van der Waals surface area contributed by atoms with E-state index in [1.54, 1.807) is 0 Å². The molecule has 0 unspecified atom stereocenters. The van der Waals surface area contributed by atoms with Crippen LogP contribution in [-0.2, 0) is 9.59 Å². The minimum atomic E-state index is -4.58. The second-order valence-electron chi connectivity index (χ2n) is 3.89. The van der Waals surface area contributed by atoms with E-state index in [-0.39, 0.29) is 11.5 Å². The maximum absolute atomic E-state index is 11.8. The van der Waals surface area contributed by atoms with Crippen LogP contribution in [-0.4, -0.2) is 30.3 Å². The molecule has 0 atom stereocenters. The number of ketones is 1. The minimum absolute atomic E-state index is 0.175. The van der Waals surface area contributed by atoms with Gasteiger partial charge in [-0.25, -0.2) is 0 Å². The van der Waals surface area contributed by atoms with Gasteiger partial charge in [0.1, 0.15) is 6.54 Å². The molecule has 8 heteroatoms. The molecule has 1 rings (SSSR count). The van der Waals surface area contributed by atoms with Crippen molar-refractivity contribution in [1.82, 2.24) is 5.32 Å². The van der Waals surface area contributed by atoms with Gasteiger partial charge in [-0.05, 0) is 31.2 Å². The molecular weight excluding hydrogens is 277 g/mol. The van der Waals surface area contributed by atoms with E-state index >= 15 is 0 Å². The van der Waals surface area contributed by atoms with Crippen molar-refractivity contribution in [1.29, 1.82) is 0 Å². The molecule has 108 valence electrons. The van der Waals surface area contributed by atoms with E-state index in [0.717, 1.165) is 0 Å². The number of rotatable bonds is 3. The second kappa shape index (κ2) is 6.18. The fourth-order valence-corrected chi connectivity index (χ4v) is 1.24. The Bertz CT molecular complexity index is 524. The van der Waals surface area contributed by atoms with Crippen LogP contribution < -0.4 is 10.6 Å². The summed E-state index contributed by atoms with van der Waals surface area (Å²) in [5.41, 5.74) is 0.603. The summed E-state index contributed by atoms with van der Waals surface area (Å²) >= 11 is 0. The van der Waals surface area contributed by atoms with Gasteiger partial charge in [-0.15, -0.1) is 0 Å². The summed E-state index contributed by atoms with van der Waals surface area (Å²) in [6.07, 6.45) is -4.58. The van der Waals surface area contributed by atoms with Gasteiger partial charge in [-0.3, -0.25) is 14.4 Å². The maximum Gasteiger partial charge on any atom is 0.405 e. The Labute approximate surface area is 112 Å². The summed E-state index contributed by atoms with van der Waals surface area (Å²) in [5.74, 6) is -2.78. The SMILES string of the molecule is CC(=O)c1ccc(NC(=O)C(=O)NCC(F)(F)F)cc1. The van der Waals surface area contributed by atoms with E-state index in [1.807, 2.05) is 0 Å². The van der Waals surface area contributed by atoms with Crippen molar-refractivity contribution in [2.75, 3.05) is 11.9 Å². The smallest absolute Gasteiger partial charge is 0.339 e. The predicted molar refractivity (Wildman–Crippen MR) is 64.1 cm³/mol. The molecule has 20 heavy (non-hydrogen) atoms. The minimum Gasteiger partial charge on any atom is -0.339 e. The first-order valence-electron chi connectivity index (χ1n) is 5.46. The first-order chi connectivity index (χ1) is 9.19. The topological polar surface area (TPSA) is 75.3 Å². The quantitative estimate of drug-likeness (QED) is 0.654. The molecule has 1 aromatic rings. The molecule has 0 saturated carbocycles. The lowest BCUT2D eigenvalue weighted by atomic mass is 10.1. The Balaban J connectivity index is 2.57. The molecule has 0 heterocycles. The van der Waals surface area contributed by atoms with Crippen molar-refractivity contribution in [3.8, 4) is 0 Å². The van der Waals surface area contributed by atoms with Crippen molar-refractivity contribution in [2.24, 2.45) is 0 Å². The lowest BCUT2D eigenvalue weighted by Crippen LogP contribution is -2.40. The number of Topliss-reactive ketones (excluding diaryl/α,β-unsaturated/α-hetero) is 1. The van der Waals surface area contributed by atoms with Gasteiger partial charge in [0, 0.05) is 11.3 Å². The van der Waals surface area contributed by atoms with Crippen LogP contribution >= 0.6 is 0 Å². The predicted octanol–water partition coefficient (Wildman–Crippen LogP) is 1.51. The summed E-state index contributed by atoms with van der Waals surface area (Å²) < 4.78 is 35.5. The Morgan fingerprint density at radius 2 is 1.60 bits per heavy atom. The molecule has 0 saturated heterocycles. The third kappa shape index (κ3) is 5.09. The summed E-state index contributed by atoms with van der Waals surface area (Å²) in [6.45, 7) is -0.222. The van der Waals surface area contributed by atoms with E-state index in [9.17, 15) is 27.6 Å². The molecule has 0 spiro atoms. The van der Waals surface area contributed by atoms with Gasteiger partial charge in [-0.1, -0.05) is 0 Å². The lowest BCUT2D eigenvalue weighted by molar-refractivity contribution is -0.144. The van der Waals surface area contributed by atoms with Crippen LogP contribution in [0.4, 0.5) is 18.9 Å². The molecule has 1 aromatic carbocycles. The fourth-order valence-electron chi connectivity index (χ4n) is 1.24. The highest BCUT2D eigenvalue weighted by Gasteiger charge is 2.29. The van der Waals surface area contributed by atoms with Gasteiger partial charge in [0.25, 0.3) is 0 Å².